The van der Waals surface area contributed by atoms with Gasteiger partial charge in [0.05, 0.1) is 9.40 Å². The second kappa shape index (κ2) is 16.5. The molecule has 0 amide bonds. The maximum atomic E-state index is 2.42. The topological polar surface area (TPSA) is 0 Å². The molecule has 4 aromatic heterocycles. The number of hydrogen-bond acceptors (Lipinski definition) is 4. The monoisotopic (exact) mass is 812 g/mol. The summed E-state index contributed by atoms with van der Waals surface area (Å²) in [5.41, 5.74) is 8.79. The Labute approximate surface area is 352 Å². The highest BCUT2D eigenvalue weighted by Crippen LogP contribution is 2.46. The zero-order valence-electron chi connectivity index (χ0n) is 35.8. The van der Waals surface area contributed by atoms with Gasteiger partial charge in [-0.25, -0.2) is 0 Å². The second-order valence-corrected chi connectivity index (χ2v) is 22.2. The Bertz CT molecular complexity index is 2400. The summed E-state index contributed by atoms with van der Waals surface area (Å²) in [5.74, 6) is 4.24. The van der Waals surface area contributed by atoms with E-state index >= 15 is 0 Å². The van der Waals surface area contributed by atoms with Crippen LogP contribution >= 0.6 is 45.3 Å². The van der Waals surface area contributed by atoms with Gasteiger partial charge >= 0.3 is 0 Å². The molecule has 1 aliphatic carbocycles. The molecule has 56 heavy (non-hydrogen) atoms. The number of rotatable bonds is 6. The Balaban J connectivity index is 0.000000129. The highest BCUT2D eigenvalue weighted by molar-refractivity contribution is 7.27. The van der Waals surface area contributed by atoms with Gasteiger partial charge in [-0.2, -0.15) is 0 Å². The SMILES string of the molecule is CC(C)c1cc2cc3sc(C(C)C)cc3cc2s1.CC(C)c1cc2ccc3cc(C(C)C)sc3c2s1.CC(C)c1ccc2c(c1)C(C)c1cc(C(C)C)ccc1-2. The summed E-state index contributed by atoms with van der Waals surface area (Å²) >= 11 is 7.83. The first-order valence-corrected chi connectivity index (χ1v) is 24.1. The first-order chi connectivity index (χ1) is 26.6. The molecule has 8 aromatic rings. The lowest BCUT2D eigenvalue weighted by Crippen LogP contribution is -1.94. The lowest BCUT2D eigenvalue weighted by atomic mass is 9.93. The van der Waals surface area contributed by atoms with E-state index in [2.05, 4.69) is 175 Å². The van der Waals surface area contributed by atoms with Crippen molar-refractivity contribution in [1.82, 2.24) is 0 Å². The van der Waals surface area contributed by atoms with E-state index in [1.807, 2.05) is 45.3 Å². The highest BCUT2D eigenvalue weighted by Gasteiger charge is 2.26. The summed E-state index contributed by atoms with van der Waals surface area (Å²) in [6, 6.07) is 32.8. The number of hydrogen-bond donors (Lipinski definition) is 0. The standard InChI is InChI=1S/C20H24.2C16H18S2/c1-12(2)15-6-8-17-18-9-7-16(13(3)4)11-20(18)14(5)19(17)10-15;1-9(2)13-5-11-7-16-12(8-15(11)17-13)6-14(18-16)10(3)4;1-9(2)13-7-11-5-6-12-8-14(10(3)4)18-16(12)15(11)17-13/h6-14H,1-5H3;2*5-10H,1-4H3. The molecule has 0 radical (unpaired) electrons. The van der Waals surface area contributed by atoms with E-state index in [4.69, 9.17) is 0 Å². The molecule has 292 valence electrons. The molecule has 0 atom stereocenters. The third-order valence-electron chi connectivity index (χ3n) is 11.4. The van der Waals surface area contributed by atoms with Crippen LogP contribution in [0.4, 0.5) is 0 Å². The van der Waals surface area contributed by atoms with Crippen LogP contribution in [0.15, 0.2) is 84.9 Å². The molecule has 0 saturated carbocycles. The Morgan fingerprint density at radius 2 is 0.696 bits per heavy atom. The normalized spacial score (nSPS) is 12.9. The maximum Gasteiger partial charge on any atom is 0.0524 e. The van der Waals surface area contributed by atoms with Crippen molar-refractivity contribution in [2.45, 2.75) is 131 Å². The van der Waals surface area contributed by atoms with Gasteiger partial charge in [-0.05, 0) is 127 Å². The summed E-state index contributed by atoms with van der Waals surface area (Å²) in [7, 11) is 0. The van der Waals surface area contributed by atoms with Crippen molar-refractivity contribution in [2.24, 2.45) is 0 Å². The van der Waals surface area contributed by atoms with Crippen LogP contribution in [-0.2, 0) is 0 Å². The molecule has 9 rings (SSSR count). The van der Waals surface area contributed by atoms with Crippen LogP contribution in [-0.4, -0.2) is 0 Å². The minimum atomic E-state index is 0.525. The second-order valence-electron chi connectivity index (χ2n) is 17.8. The average molecular weight is 813 g/mol. The van der Waals surface area contributed by atoms with Gasteiger partial charge in [0, 0.05) is 34.8 Å². The summed E-state index contributed by atoms with van der Waals surface area (Å²) in [4.78, 5) is 5.98. The van der Waals surface area contributed by atoms with Gasteiger partial charge in [0.15, 0.2) is 0 Å². The quantitative estimate of drug-likeness (QED) is 0.157. The van der Waals surface area contributed by atoms with Crippen LogP contribution < -0.4 is 0 Å². The third kappa shape index (κ3) is 8.19. The number of thiophene rings is 4. The van der Waals surface area contributed by atoms with Gasteiger partial charge in [0.2, 0.25) is 0 Å². The molecule has 0 fully saturated rings. The maximum absolute atomic E-state index is 2.42. The van der Waals surface area contributed by atoms with Gasteiger partial charge in [-0.1, -0.05) is 139 Å². The Morgan fingerprint density at radius 1 is 0.357 bits per heavy atom. The van der Waals surface area contributed by atoms with E-state index < -0.39 is 0 Å². The van der Waals surface area contributed by atoms with Gasteiger partial charge in [0.1, 0.15) is 0 Å². The third-order valence-corrected chi connectivity index (χ3v) is 17.2. The van der Waals surface area contributed by atoms with E-state index in [0.29, 0.717) is 41.4 Å². The van der Waals surface area contributed by atoms with Gasteiger partial charge in [-0.15, -0.1) is 45.3 Å². The fraction of sp³-hybridized carbons (Fsp3) is 0.385. The van der Waals surface area contributed by atoms with Crippen LogP contribution in [0.3, 0.4) is 0 Å². The fourth-order valence-corrected chi connectivity index (χ4v) is 12.3. The smallest absolute Gasteiger partial charge is 0.0524 e. The Morgan fingerprint density at radius 3 is 1.04 bits per heavy atom. The molecule has 4 aromatic carbocycles. The highest BCUT2D eigenvalue weighted by atomic mass is 32.1. The van der Waals surface area contributed by atoms with E-state index in [9.17, 15) is 0 Å². The van der Waals surface area contributed by atoms with Gasteiger partial charge in [-0.3, -0.25) is 0 Å². The molecule has 4 heterocycles. The van der Waals surface area contributed by atoms with Crippen molar-refractivity contribution in [3.8, 4) is 11.1 Å². The zero-order chi connectivity index (χ0) is 40.2. The van der Waals surface area contributed by atoms with Crippen molar-refractivity contribution in [3.05, 3.63) is 127 Å². The van der Waals surface area contributed by atoms with Crippen molar-refractivity contribution in [2.75, 3.05) is 0 Å². The zero-order valence-corrected chi connectivity index (χ0v) is 39.0. The molecular formula is C52H60S4. The van der Waals surface area contributed by atoms with Crippen molar-refractivity contribution in [1.29, 1.82) is 0 Å². The summed E-state index contributed by atoms with van der Waals surface area (Å²) < 4.78 is 5.82. The molecule has 0 unspecified atom stereocenters. The number of fused-ring (bicyclic) bond motifs is 8. The lowest BCUT2D eigenvalue weighted by Gasteiger charge is -2.11. The minimum Gasteiger partial charge on any atom is -0.140 e. The molecule has 0 aliphatic heterocycles. The van der Waals surface area contributed by atoms with E-state index in [1.165, 1.54) is 93.2 Å². The molecule has 0 saturated heterocycles. The molecule has 1 aliphatic rings. The molecular weight excluding hydrogens is 753 g/mol. The van der Waals surface area contributed by atoms with E-state index in [-0.39, 0.29) is 0 Å². The predicted molar refractivity (Wildman–Crippen MR) is 258 cm³/mol. The van der Waals surface area contributed by atoms with Crippen LogP contribution in [0.5, 0.6) is 0 Å². The van der Waals surface area contributed by atoms with E-state index in [1.54, 1.807) is 0 Å². The largest absolute Gasteiger partial charge is 0.140 e. The summed E-state index contributed by atoms with van der Waals surface area (Å²) in [5, 5.41) is 5.64. The van der Waals surface area contributed by atoms with E-state index in [0.717, 1.165) is 0 Å². The fourth-order valence-electron chi connectivity index (χ4n) is 7.64. The van der Waals surface area contributed by atoms with Gasteiger partial charge < -0.3 is 0 Å². The minimum absolute atomic E-state index is 0.525. The van der Waals surface area contributed by atoms with Crippen LogP contribution in [0.25, 0.3) is 51.5 Å². The summed E-state index contributed by atoms with van der Waals surface area (Å²) in [6.45, 7) is 29.6. The van der Waals surface area contributed by atoms with Crippen LogP contribution in [0.2, 0.25) is 0 Å². The first-order valence-electron chi connectivity index (χ1n) is 20.8. The van der Waals surface area contributed by atoms with Crippen molar-refractivity contribution < 1.29 is 0 Å². The number of benzene rings is 4. The molecule has 4 heteroatoms. The molecule has 0 bridgehead atoms. The molecule has 0 nitrogen and oxygen atoms in total. The average Bonchev–Trinajstić information content (AvgIpc) is 3.99. The lowest BCUT2D eigenvalue weighted by molar-refractivity contribution is 0.850. The first kappa shape index (κ1) is 40.9. The van der Waals surface area contributed by atoms with Gasteiger partial charge in [0.25, 0.3) is 0 Å². The Hall–Kier alpha value is -3.28. The predicted octanol–water partition coefficient (Wildman–Crippen LogP) is 18.8. The van der Waals surface area contributed by atoms with Crippen molar-refractivity contribution >= 4 is 85.7 Å². The van der Waals surface area contributed by atoms with Crippen LogP contribution in [0.1, 0.15) is 173 Å². The van der Waals surface area contributed by atoms with Crippen LogP contribution in [0, 0.1) is 0 Å². The summed E-state index contributed by atoms with van der Waals surface area (Å²) in [6.07, 6.45) is 0. The molecule has 0 spiro atoms. The molecule has 0 N–H and O–H groups in total. The Kier molecular flexibility index (Phi) is 12.1. The van der Waals surface area contributed by atoms with Crippen molar-refractivity contribution in [3.63, 3.8) is 0 Å².